The van der Waals surface area contributed by atoms with Gasteiger partial charge in [0.15, 0.2) is 5.70 Å². The fraction of sp³-hybridized carbons (Fsp3) is 0.158. The highest BCUT2D eigenvalue weighted by Gasteiger charge is 2.24. The zero-order valence-corrected chi connectivity index (χ0v) is 19.0. The number of hydrogen-bond acceptors (Lipinski definition) is 6. The van der Waals surface area contributed by atoms with Gasteiger partial charge in [0.05, 0.1) is 18.7 Å². The third-order valence-corrected chi connectivity index (χ3v) is 5.32. The molecular formula is C19H14I2N2O5. The summed E-state index contributed by atoms with van der Waals surface area (Å²) in [6.07, 6.45) is 2.57. The number of benzene rings is 2. The van der Waals surface area contributed by atoms with Crippen molar-refractivity contribution < 1.29 is 19.2 Å². The van der Waals surface area contributed by atoms with E-state index in [0.29, 0.717) is 12.2 Å². The number of rotatable bonds is 6. The number of aliphatic imine (C=N–C) groups is 1. The predicted molar refractivity (Wildman–Crippen MR) is 121 cm³/mol. The van der Waals surface area contributed by atoms with E-state index < -0.39 is 10.9 Å². The van der Waals surface area contributed by atoms with Crippen molar-refractivity contribution in [3.63, 3.8) is 0 Å². The van der Waals surface area contributed by atoms with Gasteiger partial charge in [0.1, 0.15) is 5.75 Å². The summed E-state index contributed by atoms with van der Waals surface area (Å²) in [5.41, 5.74) is 1.43. The topological polar surface area (TPSA) is 91.0 Å². The van der Waals surface area contributed by atoms with Crippen LogP contribution in [0, 0.1) is 17.3 Å². The highest BCUT2D eigenvalue weighted by Crippen LogP contribution is 2.30. The number of cyclic esters (lactones) is 1. The predicted octanol–water partition coefficient (Wildman–Crippen LogP) is 4.94. The summed E-state index contributed by atoms with van der Waals surface area (Å²) in [5.74, 6) is 0.386. The second-order valence-corrected chi connectivity index (χ2v) is 8.13. The van der Waals surface area contributed by atoms with Gasteiger partial charge in [0.2, 0.25) is 5.90 Å². The summed E-state index contributed by atoms with van der Waals surface area (Å²) in [6.45, 7) is 2.69. The summed E-state index contributed by atoms with van der Waals surface area (Å²) in [7, 11) is 0. The number of nitro groups is 1. The number of halogens is 2. The Kier molecular flexibility index (Phi) is 6.65. The number of carbonyl (C=O) groups excluding carboxylic acids is 1. The third-order valence-electron chi connectivity index (χ3n) is 3.72. The lowest BCUT2D eigenvalue weighted by Crippen LogP contribution is -2.05. The minimum Gasteiger partial charge on any atom is -0.491 e. The lowest BCUT2D eigenvalue weighted by atomic mass is 10.2. The Morgan fingerprint density at radius 3 is 2.43 bits per heavy atom. The van der Waals surface area contributed by atoms with Crippen LogP contribution in [-0.4, -0.2) is 23.4 Å². The molecule has 0 radical (unpaired) electrons. The molecule has 144 valence electrons. The fourth-order valence-electron chi connectivity index (χ4n) is 2.42. The lowest BCUT2D eigenvalue weighted by molar-refractivity contribution is -0.384. The van der Waals surface area contributed by atoms with Crippen molar-refractivity contribution in [1.82, 2.24) is 0 Å². The maximum atomic E-state index is 12.2. The molecule has 0 saturated heterocycles. The number of nitrogens with zero attached hydrogens (tertiary/aromatic N) is 2. The quantitative estimate of drug-likeness (QED) is 0.153. The van der Waals surface area contributed by atoms with E-state index in [1.54, 1.807) is 6.08 Å². The van der Waals surface area contributed by atoms with Crippen LogP contribution in [0.5, 0.6) is 5.75 Å². The molecule has 0 atom stereocenters. The first kappa shape index (κ1) is 20.7. The van der Waals surface area contributed by atoms with Crippen molar-refractivity contribution >= 4 is 68.8 Å². The molecule has 0 spiro atoms. The minimum atomic E-state index is -0.565. The smallest absolute Gasteiger partial charge is 0.363 e. The molecule has 1 aliphatic rings. The van der Waals surface area contributed by atoms with E-state index in [1.807, 2.05) is 19.1 Å². The summed E-state index contributed by atoms with van der Waals surface area (Å²) >= 11 is 4.40. The zero-order valence-electron chi connectivity index (χ0n) is 14.6. The summed E-state index contributed by atoms with van der Waals surface area (Å²) in [6, 6.07) is 9.50. The van der Waals surface area contributed by atoms with Crippen molar-refractivity contribution in [1.29, 1.82) is 0 Å². The highest BCUT2D eigenvalue weighted by molar-refractivity contribution is 14.1. The first-order valence-corrected chi connectivity index (χ1v) is 10.4. The summed E-state index contributed by atoms with van der Waals surface area (Å²) < 4.78 is 12.9. The molecule has 0 N–H and O–H groups in total. The normalized spacial score (nSPS) is 14.8. The average molecular weight is 604 g/mol. The Morgan fingerprint density at radius 1 is 1.21 bits per heavy atom. The number of non-ortho nitro benzene ring substituents is 1. The maximum Gasteiger partial charge on any atom is 0.363 e. The molecule has 0 aromatic heterocycles. The Bertz CT molecular complexity index is 977. The van der Waals surface area contributed by atoms with E-state index in [9.17, 15) is 14.9 Å². The molecule has 2 aromatic carbocycles. The summed E-state index contributed by atoms with van der Waals surface area (Å²) in [5, 5.41) is 10.7. The molecule has 0 saturated carbocycles. The first-order valence-electron chi connectivity index (χ1n) is 8.28. The van der Waals surface area contributed by atoms with Gasteiger partial charge in [-0.1, -0.05) is 6.92 Å². The van der Waals surface area contributed by atoms with E-state index in [2.05, 4.69) is 50.2 Å². The molecular weight excluding hydrogens is 590 g/mol. The first-order chi connectivity index (χ1) is 13.4. The van der Waals surface area contributed by atoms with Crippen LogP contribution in [0.2, 0.25) is 0 Å². The third kappa shape index (κ3) is 4.69. The van der Waals surface area contributed by atoms with Crippen molar-refractivity contribution in [3.05, 3.63) is 70.5 Å². The Morgan fingerprint density at radius 2 is 1.86 bits per heavy atom. The average Bonchev–Trinajstić information content (AvgIpc) is 3.01. The number of ether oxygens (including phenoxy) is 2. The van der Waals surface area contributed by atoms with Gasteiger partial charge in [-0.3, -0.25) is 10.1 Å². The second-order valence-electron chi connectivity index (χ2n) is 5.80. The van der Waals surface area contributed by atoms with Crippen LogP contribution in [0.25, 0.3) is 6.08 Å². The van der Waals surface area contributed by atoms with E-state index in [0.717, 1.165) is 24.9 Å². The number of esters is 1. The molecule has 0 unspecified atom stereocenters. The second kappa shape index (κ2) is 8.99. The number of hydrogen-bond donors (Lipinski definition) is 0. The van der Waals surface area contributed by atoms with Crippen LogP contribution < -0.4 is 4.74 Å². The van der Waals surface area contributed by atoms with Gasteiger partial charge in [-0.05, 0) is 87.5 Å². The fourth-order valence-corrected chi connectivity index (χ4v) is 4.55. The molecule has 0 fully saturated rings. The lowest BCUT2D eigenvalue weighted by Gasteiger charge is -2.10. The van der Waals surface area contributed by atoms with Gasteiger partial charge < -0.3 is 9.47 Å². The molecule has 3 rings (SSSR count). The van der Waals surface area contributed by atoms with Crippen molar-refractivity contribution in [2.45, 2.75) is 13.3 Å². The Balaban J connectivity index is 1.88. The monoisotopic (exact) mass is 604 g/mol. The SMILES string of the molecule is CCCOc1c(I)cc(/C=C2\N=C(c3ccc([N+](=O)[O-])cc3)OC2=O)cc1I. The molecule has 9 heteroatoms. The van der Waals surface area contributed by atoms with E-state index >= 15 is 0 Å². The van der Waals surface area contributed by atoms with Crippen LogP contribution in [0.1, 0.15) is 24.5 Å². The Hall–Kier alpha value is -2.02. The van der Waals surface area contributed by atoms with Crippen molar-refractivity contribution in [3.8, 4) is 5.75 Å². The Labute approximate surface area is 188 Å². The van der Waals surface area contributed by atoms with Crippen LogP contribution in [0.15, 0.2) is 47.1 Å². The van der Waals surface area contributed by atoms with Crippen LogP contribution >= 0.6 is 45.2 Å². The summed E-state index contributed by atoms with van der Waals surface area (Å²) in [4.78, 5) is 26.7. The molecule has 28 heavy (non-hydrogen) atoms. The van der Waals surface area contributed by atoms with Gasteiger partial charge in [-0.25, -0.2) is 9.79 Å². The molecule has 0 aliphatic carbocycles. The standard InChI is InChI=1S/C19H14I2N2O5/c1-2-7-27-17-14(20)8-11(9-15(17)21)10-16-19(24)28-18(22-16)12-3-5-13(6-4-12)23(25)26/h3-6,8-10H,2,7H2,1H3/b16-10-. The van der Waals surface area contributed by atoms with Gasteiger partial charge in [0, 0.05) is 17.7 Å². The van der Waals surface area contributed by atoms with Crippen molar-refractivity contribution in [2.75, 3.05) is 6.61 Å². The maximum absolute atomic E-state index is 12.2. The van der Waals surface area contributed by atoms with E-state index in [4.69, 9.17) is 9.47 Å². The van der Waals surface area contributed by atoms with Crippen LogP contribution in [0.3, 0.4) is 0 Å². The van der Waals surface area contributed by atoms with Gasteiger partial charge in [-0.2, -0.15) is 0 Å². The molecule has 7 nitrogen and oxygen atoms in total. The van der Waals surface area contributed by atoms with E-state index in [1.165, 1.54) is 24.3 Å². The molecule has 1 heterocycles. The van der Waals surface area contributed by atoms with Gasteiger partial charge in [-0.15, -0.1) is 0 Å². The molecule has 2 aromatic rings. The number of nitro benzene ring substituents is 1. The van der Waals surface area contributed by atoms with E-state index in [-0.39, 0.29) is 17.3 Å². The minimum absolute atomic E-state index is 0.0426. The van der Waals surface area contributed by atoms with Gasteiger partial charge in [0.25, 0.3) is 5.69 Å². The van der Waals surface area contributed by atoms with Crippen LogP contribution in [0.4, 0.5) is 5.69 Å². The van der Waals surface area contributed by atoms with Gasteiger partial charge >= 0.3 is 5.97 Å². The zero-order chi connectivity index (χ0) is 20.3. The van der Waals surface area contributed by atoms with Crippen molar-refractivity contribution in [2.24, 2.45) is 4.99 Å². The molecule has 1 aliphatic heterocycles. The molecule has 0 amide bonds. The van der Waals surface area contributed by atoms with Crippen LogP contribution in [-0.2, 0) is 9.53 Å². The highest BCUT2D eigenvalue weighted by atomic mass is 127. The molecule has 0 bridgehead atoms. The largest absolute Gasteiger partial charge is 0.491 e. The number of carbonyl (C=O) groups is 1.